The molecule has 0 saturated carbocycles. The smallest absolute Gasteiger partial charge is 0.410 e. The summed E-state index contributed by atoms with van der Waals surface area (Å²) in [7, 11) is 3.33. The maximum Gasteiger partial charge on any atom is 0.410 e. The molecule has 1 amide bonds. The fourth-order valence-electron chi connectivity index (χ4n) is 4.30. The fraction of sp³-hybridized carbons (Fsp3) is 0.591. The Morgan fingerprint density at radius 1 is 1.25 bits per heavy atom. The zero-order valence-electron chi connectivity index (χ0n) is 17.6. The molecule has 1 aromatic rings. The maximum absolute atomic E-state index is 12.7. The minimum Gasteiger partial charge on any atom is -0.497 e. The molecule has 0 aliphatic carbocycles. The van der Waals surface area contributed by atoms with E-state index in [0.29, 0.717) is 6.54 Å². The first-order valence-corrected chi connectivity index (χ1v) is 9.86. The van der Waals surface area contributed by atoms with Crippen molar-refractivity contribution in [2.75, 3.05) is 20.8 Å². The van der Waals surface area contributed by atoms with Gasteiger partial charge in [0, 0.05) is 36.8 Å². The molecule has 3 aliphatic rings. The van der Waals surface area contributed by atoms with Crippen molar-refractivity contribution < 1.29 is 19.0 Å². The zero-order chi connectivity index (χ0) is 20.5. The highest BCUT2D eigenvalue weighted by Gasteiger charge is 2.47. The number of amides is 1. The van der Waals surface area contributed by atoms with Crippen molar-refractivity contribution in [3.63, 3.8) is 0 Å². The topological polar surface area (TPSA) is 51.2 Å². The molecular weight excluding hydrogens is 356 g/mol. The molecule has 154 valence electrons. The van der Waals surface area contributed by atoms with Crippen LogP contribution in [0.2, 0.25) is 0 Å². The lowest BCUT2D eigenvalue weighted by molar-refractivity contribution is -0.0635. The second-order valence-corrected chi connectivity index (χ2v) is 8.51. The van der Waals surface area contributed by atoms with Crippen LogP contribution in [0.15, 0.2) is 30.9 Å². The van der Waals surface area contributed by atoms with E-state index < -0.39 is 5.60 Å². The van der Waals surface area contributed by atoms with Crippen molar-refractivity contribution in [3.05, 3.63) is 36.4 Å². The van der Waals surface area contributed by atoms with Gasteiger partial charge in [0.25, 0.3) is 0 Å². The van der Waals surface area contributed by atoms with Crippen molar-refractivity contribution >= 4 is 6.09 Å². The summed E-state index contributed by atoms with van der Waals surface area (Å²) >= 11 is 0. The first-order chi connectivity index (χ1) is 13.3. The second kappa shape index (κ2) is 8.03. The van der Waals surface area contributed by atoms with Gasteiger partial charge in [0.2, 0.25) is 0 Å². The summed E-state index contributed by atoms with van der Waals surface area (Å²) in [5.41, 5.74) is 0.611. The van der Waals surface area contributed by atoms with Crippen LogP contribution in [0.3, 0.4) is 0 Å². The van der Waals surface area contributed by atoms with Crippen LogP contribution >= 0.6 is 0 Å². The van der Waals surface area contributed by atoms with Gasteiger partial charge in [-0.3, -0.25) is 4.90 Å². The molecule has 3 atom stereocenters. The molecule has 3 saturated heterocycles. The number of hydrogen-bond donors (Lipinski definition) is 0. The first kappa shape index (κ1) is 20.5. The molecule has 3 heterocycles. The number of carbonyl (C=O) groups is 1. The molecule has 3 aliphatic heterocycles. The van der Waals surface area contributed by atoms with Crippen molar-refractivity contribution in [2.24, 2.45) is 0 Å². The van der Waals surface area contributed by atoms with Gasteiger partial charge in [-0.2, -0.15) is 0 Å². The summed E-state index contributed by atoms with van der Waals surface area (Å²) in [4.78, 5) is 17.1. The van der Waals surface area contributed by atoms with Gasteiger partial charge in [0.05, 0.1) is 20.3 Å². The van der Waals surface area contributed by atoms with E-state index in [9.17, 15) is 4.79 Å². The molecule has 0 radical (unpaired) electrons. The highest BCUT2D eigenvalue weighted by atomic mass is 16.6. The standard InChI is InChI=1S/C22H32N2O4/c1-7-18-19-11-9-16(14-24(19)21(25)28-22(2,3)4)23(18)13-15-8-10-17(26-5)12-20(15)27-6/h7-8,10,12,16,18-19H,1,9,11,13-14H2,2-6H3/t16-,18+,19-/m0/s1. The van der Waals surface area contributed by atoms with Crippen LogP contribution in [0.4, 0.5) is 4.79 Å². The Labute approximate surface area is 168 Å². The average molecular weight is 389 g/mol. The number of carbonyl (C=O) groups excluding carboxylic acids is 1. The van der Waals surface area contributed by atoms with Gasteiger partial charge in [-0.25, -0.2) is 4.79 Å². The maximum atomic E-state index is 12.7. The molecule has 3 fully saturated rings. The van der Waals surface area contributed by atoms with E-state index in [4.69, 9.17) is 14.2 Å². The number of benzene rings is 1. The Kier molecular flexibility index (Phi) is 5.89. The molecule has 6 nitrogen and oxygen atoms in total. The predicted molar refractivity (Wildman–Crippen MR) is 109 cm³/mol. The van der Waals surface area contributed by atoms with Crippen LogP contribution in [0.1, 0.15) is 39.2 Å². The number of rotatable bonds is 5. The van der Waals surface area contributed by atoms with Crippen molar-refractivity contribution in [2.45, 2.75) is 63.9 Å². The third-order valence-electron chi connectivity index (χ3n) is 5.57. The molecule has 0 aromatic heterocycles. The van der Waals surface area contributed by atoms with Crippen LogP contribution in [0.25, 0.3) is 0 Å². The Morgan fingerprint density at radius 2 is 2.00 bits per heavy atom. The second-order valence-electron chi connectivity index (χ2n) is 8.51. The molecule has 0 unspecified atom stereocenters. The van der Waals surface area contributed by atoms with Crippen LogP contribution in [-0.2, 0) is 11.3 Å². The number of methoxy groups -OCH3 is 2. The molecule has 0 spiro atoms. The SMILES string of the molecule is C=C[C@@H]1[C@@H]2CC[C@@H](CN2C(=O)OC(C)(C)C)N1Cc1ccc(OC)cc1OC. The number of fused-ring (bicyclic) bond motifs is 3. The lowest BCUT2D eigenvalue weighted by Crippen LogP contribution is -2.68. The van der Waals surface area contributed by atoms with Gasteiger partial charge >= 0.3 is 6.09 Å². The summed E-state index contributed by atoms with van der Waals surface area (Å²) in [6, 6.07) is 6.36. The quantitative estimate of drug-likeness (QED) is 0.718. The number of nitrogens with zero attached hydrogens (tertiary/aromatic N) is 2. The van der Waals surface area contributed by atoms with Crippen molar-refractivity contribution in [3.8, 4) is 11.5 Å². The average Bonchev–Trinajstić information content (AvgIpc) is 2.67. The molecule has 0 N–H and O–H groups in total. The Balaban J connectivity index is 1.80. The normalized spacial score (nSPS) is 24.8. The molecule has 4 rings (SSSR count). The number of hydrogen-bond acceptors (Lipinski definition) is 5. The van der Waals surface area contributed by atoms with Gasteiger partial charge < -0.3 is 19.1 Å². The van der Waals surface area contributed by atoms with E-state index in [-0.39, 0.29) is 24.2 Å². The number of piperidine rings is 2. The van der Waals surface area contributed by atoms with Crippen molar-refractivity contribution in [1.82, 2.24) is 9.80 Å². The first-order valence-electron chi connectivity index (χ1n) is 9.86. The molecule has 1 aromatic carbocycles. The fourth-order valence-corrected chi connectivity index (χ4v) is 4.30. The molecular formula is C22H32N2O4. The minimum atomic E-state index is -0.492. The highest BCUT2D eigenvalue weighted by molar-refractivity contribution is 5.69. The zero-order valence-corrected chi connectivity index (χ0v) is 17.6. The number of piperazine rings is 1. The third-order valence-corrected chi connectivity index (χ3v) is 5.57. The Bertz CT molecular complexity index is 728. The lowest BCUT2D eigenvalue weighted by atomic mass is 9.84. The predicted octanol–water partition coefficient (Wildman–Crippen LogP) is 3.84. The minimum absolute atomic E-state index is 0.0848. The van der Waals surface area contributed by atoms with Crippen LogP contribution in [0, 0.1) is 0 Å². The van der Waals surface area contributed by atoms with Gasteiger partial charge in [0.1, 0.15) is 17.1 Å². The monoisotopic (exact) mass is 388 g/mol. The van der Waals surface area contributed by atoms with E-state index in [1.807, 2.05) is 49.9 Å². The largest absolute Gasteiger partial charge is 0.497 e. The van der Waals surface area contributed by atoms with Crippen LogP contribution < -0.4 is 9.47 Å². The molecule has 28 heavy (non-hydrogen) atoms. The molecule has 2 bridgehead atoms. The van der Waals surface area contributed by atoms with Gasteiger partial charge in [-0.15, -0.1) is 6.58 Å². The summed E-state index contributed by atoms with van der Waals surface area (Å²) in [6.07, 6.45) is 3.77. The summed E-state index contributed by atoms with van der Waals surface area (Å²) < 4.78 is 16.5. The van der Waals surface area contributed by atoms with E-state index in [1.165, 1.54) is 0 Å². The third kappa shape index (κ3) is 4.12. The van der Waals surface area contributed by atoms with E-state index in [2.05, 4.69) is 11.5 Å². The van der Waals surface area contributed by atoms with E-state index in [1.54, 1.807) is 14.2 Å². The highest BCUT2D eigenvalue weighted by Crippen LogP contribution is 2.37. The van der Waals surface area contributed by atoms with Crippen LogP contribution in [0.5, 0.6) is 11.5 Å². The van der Waals surface area contributed by atoms with E-state index in [0.717, 1.165) is 36.4 Å². The van der Waals surface area contributed by atoms with E-state index >= 15 is 0 Å². The van der Waals surface area contributed by atoms with Crippen molar-refractivity contribution in [1.29, 1.82) is 0 Å². The summed E-state index contributed by atoms with van der Waals surface area (Å²) in [5, 5.41) is 0. The summed E-state index contributed by atoms with van der Waals surface area (Å²) in [5.74, 6) is 1.59. The lowest BCUT2D eigenvalue weighted by Gasteiger charge is -2.55. The molecule has 6 heteroatoms. The Hall–Kier alpha value is -2.21. The van der Waals surface area contributed by atoms with Gasteiger partial charge in [-0.1, -0.05) is 12.1 Å². The van der Waals surface area contributed by atoms with Crippen LogP contribution in [-0.4, -0.2) is 60.4 Å². The van der Waals surface area contributed by atoms with Gasteiger partial charge in [0.15, 0.2) is 0 Å². The van der Waals surface area contributed by atoms with Gasteiger partial charge in [-0.05, 0) is 39.7 Å². The summed E-state index contributed by atoms with van der Waals surface area (Å²) in [6.45, 7) is 11.2. The number of ether oxygens (including phenoxy) is 3. The Morgan fingerprint density at radius 3 is 2.61 bits per heavy atom.